The van der Waals surface area contributed by atoms with Gasteiger partial charge >= 0.3 is 0 Å². The molecule has 3 fully saturated rings. The van der Waals surface area contributed by atoms with Gasteiger partial charge in [0.15, 0.2) is 6.29 Å². The van der Waals surface area contributed by atoms with Gasteiger partial charge in [0.05, 0.1) is 20.9 Å². The minimum atomic E-state index is -2.66. The molecule has 3 atom stereocenters. The molecular weight excluding hydrogens is 673 g/mol. The van der Waals surface area contributed by atoms with E-state index < -0.39 is 5.92 Å². The minimum Gasteiger partial charge on any atom is -0.348 e. The molecule has 0 spiro atoms. The van der Waals surface area contributed by atoms with Crippen LogP contribution in [0.15, 0.2) is 24.3 Å². The van der Waals surface area contributed by atoms with Gasteiger partial charge in [0, 0.05) is 54.2 Å². The van der Waals surface area contributed by atoms with Gasteiger partial charge in [-0.2, -0.15) is 0 Å². The Morgan fingerprint density at radius 2 is 1.57 bits per heavy atom. The molecule has 266 valence electrons. The maximum absolute atomic E-state index is 13.7. The number of aromatic nitrogens is 3. The van der Waals surface area contributed by atoms with Crippen LogP contribution in [-0.2, 0) is 14.4 Å². The number of hydrogen-bond acceptors (Lipinski definition) is 9. The second-order valence-corrected chi connectivity index (χ2v) is 15.6. The monoisotopic (exact) mass is 717 g/mol. The highest BCUT2D eigenvalue weighted by Crippen LogP contribution is 2.43. The predicted molar refractivity (Wildman–Crippen MR) is 186 cm³/mol. The predicted octanol–water partition coefficient (Wildman–Crippen LogP) is 6.71. The molecule has 49 heavy (non-hydrogen) atoms. The average Bonchev–Trinajstić information content (AvgIpc) is 3.86. The molecule has 6 rings (SSSR count). The van der Waals surface area contributed by atoms with Gasteiger partial charge in [0.1, 0.15) is 11.6 Å². The molecule has 2 aliphatic heterocycles. The highest BCUT2D eigenvalue weighted by atomic mass is 32.1. The number of hydrogen-bond donors (Lipinski definition) is 3. The SMILES string of the molecule is Cc1nnc(C(C)C)n1C1CC2CCC(C1)N2CC[C@H](NC(=O)C1CCC(F)(F)CC1)c1ccc(NC=O)s1.O=CNc1ccc(C=O)s1. The zero-order valence-corrected chi connectivity index (χ0v) is 29.7. The van der Waals surface area contributed by atoms with Crippen LogP contribution in [0.3, 0.4) is 0 Å². The molecule has 11 nitrogen and oxygen atoms in total. The number of aryl methyl sites for hydroxylation is 1. The van der Waals surface area contributed by atoms with Crippen LogP contribution < -0.4 is 16.0 Å². The molecule has 3 amide bonds. The third-order valence-electron chi connectivity index (χ3n) is 9.83. The van der Waals surface area contributed by atoms with Crippen molar-refractivity contribution < 1.29 is 28.0 Å². The van der Waals surface area contributed by atoms with E-state index in [9.17, 15) is 28.0 Å². The lowest BCUT2D eigenvalue weighted by molar-refractivity contribution is -0.130. The number of nitrogens with zero attached hydrogens (tertiary/aromatic N) is 4. The summed E-state index contributed by atoms with van der Waals surface area (Å²) in [5, 5.41) is 18.6. The van der Waals surface area contributed by atoms with E-state index >= 15 is 0 Å². The number of amides is 3. The summed E-state index contributed by atoms with van der Waals surface area (Å²) >= 11 is 2.70. The van der Waals surface area contributed by atoms with Crippen molar-refractivity contribution >= 4 is 57.7 Å². The third-order valence-corrected chi connectivity index (χ3v) is 11.9. The van der Waals surface area contributed by atoms with Gasteiger partial charge in [-0.15, -0.1) is 32.9 Å². The molecule has 3 aromatic heterocycles. The van der Waals surface area contributed by atoms with E-state index in [1.165, 1.54) is 35.5 Å². The summed E-state index contributed by atoms with van der Waals surface area (Å²) in [7, 11) is 0. The summed E-state index contributed by atoms with van der Waals surface area (Å²) in [6, 6.07) is 8.26. The summed E-state index contributed by atoms with van der Waals surface area (Å²) in [4.78, 5) is 48.3. The number of alkyl halides is 2. The standard InChI is InChI=1S/C28H40F2N6O2S.C6H5NO2S/c1-17(2)26-34-33-18(3)36(26)22-14-20-4-5-21(15-22)35(20)13-10-23(24-6-7-25(39-24)31-16-37)32-27(38)19-8-11-28(29,30)12-9-19;8-3-5-1-2-6(10-5)7-4-9/h6-7,16-17,19-23H,4-5,8-15H2,1-3H3,(H,31,37)(H,32,38);1-4H,(H,7,9)/t20?,21?,22?,23-;/m0./s1. The average molecular weight is 718 g/mol. The quantitative estimate of drug-likeness (QED) is 0.167. The molecule has 0 radical (unpaired) electrons. The van der Waals surface area contributed by atoms with Crippen LogP contribution >= 0.6 is 22.7 Å². The highest BCUT2D eigenvalue weighted by Gasteiger charge is 2.43. The van der Waals surface area contributed by atoms with E-state index in [2.05, 4.69) is 49.5 Å². The Kier molecular flexibility index (Phi) is 12.3. The van der Waals surface area contributed by atoms with E-state index in [0.717, 1.165) is 53.6 Å². The molecule has 3 aromatic rings. The smallest absolute Gasteiger partial charge is 0.248 e. The lowest BCUT2D eigenvalue weighted by Gasteiger charge is -2.40. The van der Waals surface area contributed by atoms with Crippen LogP contribution in [0.25, 0.3) is 0 Å². The maximum atomic E-state index is 13.7. The lowest BCUT2D eigenvalue weighted by Crippen LogP contribution is -2.45. The maximum Gasteiger partial charge on any atom is 0.248 e. The van der Waals surface area contributed by atoms with E-state index in [-0.39, 0.29) is 43.6 Å². The van der Waals surface area contributed by atoms with Gasteiger partial charge in [-0.1, -0.05) is 13.8 Å². The minimum absolute atomic E-state index is 0.139. The fourth-order valence-corrected chi connectivity index (χ4v) is 9.07. The van der Waals surface area contributed by atoms with Crippen molar-refractivity contribution in [2.45, 2.75) is 115 Å². The molecule has 3 aliphatic rings. The molecule has 5 heterocycles. The van der Waals surface area contributed by atoms with Gasteiger partial charge in [-0.25, -0.2) is 8.78 Å². The Bertz CT molecular complexity index is 1570. The number of aldehydes is 1. The van der Waals surface area contributed by atoms with Crippen LogP contribution in [0.5, 0.6) is 0 Å². The number of carbonyl (C=O) groups is 4. The van der Waals surface area contributed by atoms with Crippen molar-refractivity contribution in [3.8, 4) is 0 Å². The molecule has 2 unspecified atom stereocenters. The summed E-state index contributed by atoms with van der Waals surface area (Å²) in [5.74, 6) is -0.811. The first-order valence-corrected chi connectivity index (χ1v) is 18.6. The van der Waals surface area contributed by atoms with Crippen molar-refractivity contribution in [3.05, 3.63) is 45.7 Å². The largest absolute Gasteiger partial charge is 0.348 e. The molecule has 3 N–H and O–H groups in total. The van der Waals surface area contributed by atoms with E-state index in [0.29, 0.717) is 46.7 Å². The number of piperidine rings is 1. The summed E-state index contributed by atoms with van der Waals surface area (Å²) in [6.07, 6.45) is 7.14. The van der Waals surface area contributed by atoms with E-state index in [1.807, 2.05) is 19.1 Å². The van der Waals surface area contributed by atoms with Gasteiger partial charge in [-0.05, 0) is 76.1 Å². The highest BCUT2D eigenvalue weighted by molar-refractivity contribution is 7.17. The second kappa shape index (κ2) is 16.4. The van der Waals surface area contributed by atoms with Gasteiger partial charge in [0.2, 0.25) is 24.6 Å². The number of thiophene rings is 2. The second-order valence-electron chi connectivity index (χ2n) is 13.4. The normalized spacial score (nSPS) is 22.5. The number of rotatable bonds is 13. The number of halogens is 2. The lowest BCUT2D eigenvalue weighted by atomic mass is 9.86. The van der Waals surface area contributed by atoms with Crippen molar-refractivity contribution in [2.24, 2.45) is 5.92 Å². The topological polar surface area (TPSA) is 138 Å². The molecule has 15 heteroatoms. The van der Waals surface area contributed by atoms with Crippen molar-refractivity contribution in [2.75, 3.05) is 17.2 Å². The van der Waals surface area contributed by atoms with Gasteiger partial charge in [0.25, 0.3) is 0 Å². The molecule has 2 saturated heterocycles. The van der Waals surface area contributed by atoms with Crippen molar-refractivity contribution in [3.63, 3.8) is 0 Å². The van der Waals surface area contributed by atoms with E-state index in [1.54, 1.807) is 12.1 Å². The Hall–Kier alpha value is -3.56. The molecule has 2 bridgehead atoms. The van der Waals surface area contributed by atoms with Gasteiger partial charge in [-0.3, -0.25) is 24.1 Å². The molecule has 1 aliphatic carbocycles. The third kappa shape index (κ3) is 9.17. The number of nitrogens with one attached hydrogen (secondary N) is 3. The molecule has 0 aromatic carbocycles. The van der Waals surface area contributed by atoms with Crippen molar-refractivity contribution in [1.82, 2.24) is 25.0 Å². The van der Waals surface area contributed by atoms with Crippen molar-refractivity contribution in [1.29, 1.82) is 0 Å². The van der Waals surface area contributed by atoms with E-state index in [4.69, 9.17) is 0 Å². The molecule has 1 saturated carbocycles. The first-order chi connectivity index (χ1) is 23.5. The fourth-order valence-electron chi connectivity index (χ4n) is 7.44. The van der Waals surface area contributed by atoms with Crippen LogP contribution in [0.2, 0.25) is 0 Å². The Morgan fingerprint density at radius 3 is 2.16 bits per heavy atom. The number of anilines is 2. The Labute approximate surface area is 293 Å². The zero-order chi connectivity index (χ0) is 35.1. The van der Waals surface area contributed by atoms with Crippen LogP contribution in [0.4, 0.5) is 18.8 Å². The fraction of sp³-hybridized carbons (Fsp3) is 0.588. The number of carbonyl (C=O) groups excluding carboxylic acids is 4. The van der Waals surface area contributed by atoms with Crippen LogP contribution in [0, 0.1) is 12.8 Å². The Morgan fingerprint density at radius 1 is 0.939 bits per heavy atom. The van der Waals surface area contributed by atoms with Crippen LogP contribution in [-0.4, -0.2) is 69.2 Å². The summed E-state index contributed by atoms with van der Waals surface area (Å²) < 4.78 is 29.7. The van der Waals surface area contributed by atoms with Gasteiger partial charge < -0.3 is 20.5 Å². The number of fused-ring (bicyclic) bond motifs is 2. The van der Waals surface area contributed by atoms with Crippen LogP contribution in [0.1, 0.15) is 116 Å². The summed E-state index contributed by atoms with van der Waals surface area (Å²) in [5.41, 5.74) is 0. The summed E-state index contributed by atoms with van der Waals surface area (Å²) in [6.45, 7) is 7.22. The zero-order valence-electron chi connectivity index (χ0n) is 28.1. The molecular formula is C34H45F2N7O4S2. The first kappa shape index (κ1) is 36.7. The Balaban J connectivity index is 0.000000402. The first-order valence-electron chi connectivity index (χ1n) is 16.9.